The van der Waals surface area contributed by atoms with Gasteiger partial charge < -0.3 is 14.5 Å². The van der Waals surface area contributed by atoms with Crippen LogP contribution in [-0.4, -0.2) is 28.2 Å². The Balaban J connectivity index is 1.89. The lowest BCUT2D eigenvalue weighted by atomic mass is 9.80. The zero-order valence-corrected chi connectivity index (χ0v) is 16.4. The first-order chi connectivity index (χ1) is 13.0. The molecule has 0 saturated carbocycles. The van der Waals surface area contributed by atoms with Crippen LogP contribution in [0.15, 0.2) is 72.8 Å². The van der Waals surface area contributed by atoms with Crippen molar-refractivity contribution in [1.82, 2.24) is 0 Å². The second kappa shape index (κ2) is 6.75. The smallest absolute Gasteiger partial charge is 0.144 e. The summed E-state index contributed by atoms with van der Waals surface area (Å²) < 4.78 is 6.56. The minimum absolute atomic E-state index is 0.563. The Morgan fingerprint density at radius 1 is 0.667 bits per heavy atom. The largest absolute Gasteiger partial charge is 0.378 e. The van der Waals surface area contributed by atoms with Gasteiger partial charge in [0.2, 0.25) is 0 Å². The molecule has 0 unspecified atom stereocenters. The summed E-state index contributed by atoms with van der Waals surface area (Å²) in [5.74, 6) is 0. The fourth-order valence-corrected chi connectivity index (χ4v) is 3.89. The number of fused-ring (bicyclic) bond motifs is 1. The van der Waals surface area contributed by atoms with Crippen LogP contribution in [0, 0.1) is 0 Å². The van der Waals surface area contributed by atoms with Crippen LogP contribution in [0.3, 0.4) is 0 Å². The van der Waals surface area contributed by atoms with Crippen molar-refractivity contribution in [1.29, 1.82) is 0 Å². The first kappa shape index (κ1) is 17.6. The molecule has 4 rings (SSSR count). The summed E-state index contributed by atoms with van der Waals surface area (Å²) in [7, 11) is 8.25. The second-order valence-corrected chi connectivity index (χ2v) is 7.51. The molecule has 0 fully saturated rings. The lowest BCUT2D eigenvalue weighted by molar-refractivity contribution is 0.0268. The first-order valence-corrected chi connectivity index (χ1v) is 9.30. The number of benzene rings is 3. The molecule has 3 nitrogen and oxygen atoms in total. The average Bonchev–Trinajstić information content (AvgIpc) is 3.09. The van der Waals surface area contributed by atoms with E-state index in [1.54, 1.807) is 0 Å². The molecule has 1 heterocycles. The molecule has 0 radical (unpaired) electrons. The molecule has 3 aromatic rings. The van der Waals surface area contributed by atoms with E-state index in [1.165, 1.54) is 22.5 Å². The number of hydrogen-bond acceptors (Lipinski definition) is 3. The maximum absolute atomic E-state index is 6.56. The van der Waals surface area contributed by atoms with Crippen LogP contribution >= 0.6 is 0 Å². The van der Waals surface area contributed by atoms with E-state index in [0.29, 0.717) is 6.61 Å². The van der Waals surface area contributed by atoms with Crippen LogP contribution in [0.4, 0.5) is 11.4 Å². The van der Waals surface area contributed by atoms with Gasteiger partial charge in [0.25, 0.3) is 0 Å². The van der Waals surface area contributed by atoms with E-state index in [9.17, 15) is 0 Å². The van der Waals surface area contributed by atoms with E-state index < -0.39 is 5.60 Å². The van der Waals surface area contributed by atoms with Gasteiger partial charge in [-0.3, -0.25) is 0 Å². The summed E-state index contributed by atoms with van der Waals surface area (Å²) >= 11 is 0. The van der Waals surface area contributed by atoms with Gasteiger partial charge in [0.1, 0.15) is 5.60 Å². The standard InChI is InChI=1S/C24H26N2O/c1-25(2)21-13-9-19(10-14-21)24(20-11-15-22(16-12-20)26(3)4)23-8-6-5-7-18(23)17-27-24/h5-16H,17H2,1-4H3. The molecule has 0 spiro atoms. The van der Waals surface area contributed by atoms with Crippen molar-refractivity contribution < 1.29 is 4.74 Å². The minimum Gasteiger partial charge on any atom is -0.378 e. The topological polar surface area (TPSA) is 15.7 Å². The highest BCUT2D eigenvalue weighted by Gasteiger charge is 2.43. The molecule has 3 heteroatoms. The van der Waals surface area contributed by atoms with Crippen LogP contribution < -0.4 is 9.80 Å². The van der Waals surface area contributed by atoms with Crippen LogP contribution in [-0.2, 0) is 16.9 Å². The van der Waals surface area contributed by atoms with Crippen molar-refractivity contribution in [3.63, 3.8) is 0 Å². The number of hydrogen-bond donors (Lipinski definition) is 0. The number of ether oxygens (including phenoxy) is 1. The van der Waals surface area contributed by atoms with Gasteiger partial charge in [-0.25, -0.2) is 0 Å². The highest BCUT2D eigenvalue weighted by molar-refractivity contribution is 5.57. The van der Waals surface area contributed by atoms with Gasteiger partial charge in [-0.15, -0.1) is 0 Å². The third kappa shape index (κ3) is 2.88. The molecule has 1 aliphatic heterocycles. The van der Waals surface area contributed by atoms with Gasteiger partial charge in [-0.1, -0.05) is 48.5 Å². The van der Waals surface area contributed by atoms with Crippen LogP contribution in [0.25, 0.3) is 0 Å². The van der Waals surface area contributed by atoms with E-state index in [0.717, 1.165) is 11.1 Å². The van der Waals surface area contributed by atoms with Gasteiger partial charge in [0, 0.05) is 39.6 Å². The maximum Gasteiger partial charge on any atom is 0.144 e. The average molecular weight is 358 g/mol. The minimum atomic E-state index is -0.563. The summed E-state index contributed by atoms with van der Waals surface area (Å²) in [4.78, 5) is 4.23. The summed E-state index contributed by atoms with van der Waals surface area (Å²) in [6.45, 7) is 0.626. The van der Waals surface area contributed by atoms with Crippen LogP contribution in [0.2, 0.25) is 0 Å². The molecule has 0 bridgehead atoms. The van der Waals surface area contributed by atoms with Crippen molar-refractivity contribution in [3.05, 3.63) is 95.1 Å². The molecule has 0 N–H and O–H groups in total. The normalized spacial score (nSPS) is 14.7. The number of anilines is 2. The van der Waals surface area contributed by atoms with E-state index >= 15 is 0 Å². The molecule has 0 aliphatic carbocycles. The van der Waals surface area contributed by atoms with Crippen molar-refractivity contribution in [3.8, 4) is 0 Å². The van der Waals surface area contributed by atoms with Crippen molar-refractivity contribution in [2.24, 2.45) is 0 Å². The lowest BCUT2D eigenvalue weighted by Gasteiger charge is -2.32. The molecule has 138 valence electrons. The predicted octanol–water partition coefficient (Wildman–Crippen LogP) is 4.64. The van der Waals surface area contributed by atoms with E-state index in [-0.39, 0.29) is 0 Å². The van der Waals surface area contributed by atoms with Crippen molar-refractivity contribution >= 4 is 11.4 Å². The Bertz CT molecular complexity index is 876. The molecular weight excluding hydrogens is 332 g/mol. The second-order valence-electron chi connectivity index (χ2n) is 7.51. The van der Waals surface area contributed by atoms with Gasteiger partial charge in [-0.2, -0.15) is 0 Å². The quantitative estimate of drug-likeness (QED) is 0.676. The molecule has 3 aromatic carbocycles. The molecule has 0 saturated heterocycles. The maximum atomic E-state index is 6.56. The van der Waals surface area contributed by atoms with Crippen molar-refractivity contribution in [2.45, 2.75) is 12.2 Å². The SMILES string of the molecule is CN(C)c1ccc(C2(c3ccc(N(C)C)cc3)OCc3ccccc32)cc1. The Labute approximate surface area is 161 Å². The van der Waals surface area contributed by atoms with E-state index in [2.05, 4.69) is 111 Å². The molecule has 0 amide bonds. The van der Waals surface area contributed by atoms with Gasteiger partial charge >= 0.3 is 0 Å². The fourth-order valence-electron chi connectivity index (χ4n) is 3.89. The Morgan fingerprint density at radius 2 is 1.15 bits per heavy atom. The van der Waals surface area contributed by atoms with Gasteiger partial charge in [0.05, 0.1) is 6.61 Å². The molecular formula is C24H26N2O. The Morgan fingerprint density at radius 3 is 1.63 bits per heavy atom. The number of rotatable bonds is 4. The lowest BCUT2D eigenvalue weighted by Crippen LogP contribution is -2.28. The highest BCUT2D eigenvalue weighted by atomic mass is 16.5. The summed E-state index contributed by atoms with van der Waals surface area (Å²) in [6, 6.07) is 26.0. The van der Waals surface area contributed by atoms with E-state index in [4.69, 9.17) is 4.74 Å². The zero-order valence-electron chi connectivity index (χ0n) is 16.4. The monoisotopic (exact) mass is 358 g/mol. The summed E-state index contributed by atoms with van der Waals surface area (Å²) in [5, 5.41) is 0. The third-order valence-corrected chi connectivity index (χ3v) is 5.42. The number of nitrogens with zero attached hydrogens (tertiary/aromatic N) is 2. The predicted molar refractivity (Wildman–Crippen MR) is 113 cm³/mol. The van der Waals surface area contributed by atoms with Crippen LogP contribution in [0.5, 0.6) is 0 Å². The zero-order chi connectivity index (χ0) is 19.0. The highest BCUT2D eigenvalue weighted by Crippen LogP contribution is 2.47. The molecule has 0 aromatic heterocycles. The van der Waals surface area contributed by atoms with Gasteiger partial charge in [0.15, 0.2) is 0 Å². The third-order valence-electron chi connectivity index (χ3n) is 5.42. The summed E-state index contributed by atoms with van der Waals surface area (Å²) in [6.07, 6.45) is 0. The Kier molecular flexibility index (Phi) is 4.40. The van der Waals surface area contributed by atoms with Gasteiger partial charge in [-0.05, 0) is 46.5 Å². The molecule has 1 aliphatic rings. The molecule has 27 heavy (non-hydrogen) atoms. The van der Waals surface area contributed by atoms with Crippen LogP contribution in [0.1, 0.15) is 22.3 Å². The fraction of sp³-hybridized carbons (Fsp3) is 0.250. The van der Waals surface area contributed by atoms with Crippen molar-refractivity contribution in [2.75, 3.05) is 38.0 Å². The Hall–Kier alpha value is -2.78. The summed E-state index contributed by atoms with van der Waals surface area (Å²) in [5.41, 5.74) is 6.62. The van der Waals surface area contributed by atoms with E-state index in [1.807, 2.05) is 0 Å². The first-order valence-electron chi connectivity index (χ1n) is 9.30. The molecule has 0 atom stereocenters.